The molecule has 0 fully saturated rings. The SMILES string of the molecule is CCOc1cccc(C(O)c2cccc(F)c2F)c1. The Labute approximate surface area is 110 Å². The first kappa shape index (κ1) is 13.5. The molecule has 0 aliphatic carbocycles. The van der Waals surface area contributed by atoms with Gasteiger partial charge in [-0.1, -0.05) is 24.3 Å². The molecule has 0 radical (unpaired) electrons. The van der Waals surface area contributed by atoms with Crippen LogP contribution in [0.25, 0.3) is 0 Å². The molecule has 2 aromatic rings. The molecular weight excluding hydrogens is 250 g/mol. The molecule has 0 spiro atoms. The van der Waals surface area contributed by atoms with Crippen molar-refractivity contribution in [2.75, 3.05) is 6.61 Å². The zero-order valence-electron chi connectivity index (χ0n) is 10.4. The Balaban J connectivity index is 2.35. The van der Waals surface area contributed by atoms with Gasteiger partial charge in [0.2, 0.25) is 0 Å². The molecule has 0 heterocycles. The molecule has 100 valence electrons. The fraction of sp³-hybridized carbons (Fsp3) is 0.200. The summed E-state index contributed by atoms with van der Waals surface area (Å²) in [4.78, 5) is 0. The Kier molecular flexibility index (Phi) is 4.12. The van der Waals surface area contributed by atoms with Crippen molar-refractivity contribution in [2.45, 2.75) is 13.0 Å². The van der Waals surface area contributed by atoms with Gasteiger partial charge >= 0.3 is 0 Å². The largest absolute Gasteiger partial charge is 0.494 e. The fourth-order valence-corrected chi connectivity index (χ4v) is 1.85. The highest BCUT2D eigenvalue weighted by molar-refractivity contribution is 5.36. The summed E-state index contributed by atoms with van der Waals surface area (Å²) < 4.78 is 32.1. The minimum Gasteiger partial charge on any atom is -0.494 e. The van der Waals surface area contributed by atoms with Gasteiger partial charge in [-0.15, -0.1) is 0 Å². The maximum atomic E-state index is 13.6. The lowest BCUT2D eigenvalue weighted by atomic mass is 10.0. The second kappa shape index (κ2) is 5.80. The zero-order valence-corrected chi connectivity index (χ0v) is 10.4. The van der Waals surface area contributed by atoms with Crippen molar-refractivity contribution in [1.29, 1.82) is 0 Å². The molecule has 0 bridgehead atoms. The Morgan fingerprint density at radius 2 is 1.89 bits per heavy atom. The zero-order chi connectivity index (χ0) is 13.8. The number of aliphatic hydroxyl groups is 1. The van der Waals surface area contributed by atoms with Crippen molar-refractivity contribution < 1.29 is 18.6 Å². The third-order valence-electron chi connectivity index (χ3n) is 2.76. The lowest BCUT2D eigenvalue weighted by Gasteiger charge is -2.14. The molecule has 4 heteroatoms. The number of benzene rings is 2. The summed E-state index contributed by atoms with van der Waals surface area (Å²) in [6, 6.07) is 10.4. The van der Waals surface area contributed by atoms with E-state index in [1.807, 2.05) is 6.92 Å². The van der Waals surface area contributed by atoms with Crippen LogP contribution in [-0.2, 0) is 0 Å². The average Bonchev–Trinajstić information content (AvgIpc) is 2.42. The molecule has 2 nitrogen and oxygen atoms in total. The highest BCUT2D eigenvalue weighted by Crippen LogP contribution is 2.27. The van der Waals surface area contributed by atoms with E-state index in [0.29, 0.717) is 17.9 Å². The van der Waals surface area contributed by atoms with E-state index in [0.717, 1.165) is 6.07 Å². The van der Waals surface area contributed by atoms with Crippen LogP contribution in [0.2, 0.25) is 0 Å². The van der Waals surface area contributed by atoms with E-state index >= 15 is 0 Å². The summed E-state index contributed by atoms with van der Waals surface area (Å²) in [7, 11) is 0. The Bertz CT molecular complexity index is 570. The van der Waals surface area contributed by atoms with Crippen LogP contribution in [0.1, 0.15) is 24.2 Å². The molecule has 1 atom stereocenters. The second-order valence-electron chi connectivity index (χ2n) is 4.05. The summed E-state index contributed by atoms with van der Waals surface area (Å²) in [5.74, 6) is -1.43. The second-order valence-corrected chi connectivity index (χ2v) is 4.05. The molecule has 0 amide bonds. The van der Waals surface area contributed by atoms with Crippen molar-refractivity contribution in [1.82, 2.24) is 0 Å². The first-order chi connectivity index (χ1) is 9.13. The molecule has 0 saturated heterocycles. The first-order valence-electron chi connectivity index (χ1n) is 5.98. The molecule has 0 aliphatic rings. The standard InChI is InChI=1S/C15H14F2O2/c1-2-19-11-6-3-5-10(9-11)15(18)12-7-4-8-13(16)14(12)17/h3-9,15,18H,2H2,1H3. The highest BCUT2D eigenvalue weighted by Gasteiger charge is 2.17. The van der Waals surface area contributed by atoms with Crippen molar-refractivity contribution in [3.05, 3.63) is 65.2 Å². The van der Waals surface area contributed by atoms with E-state index in [2.05, 4.69) is 0 Å². The third-order valence-corrected chi connectivity index (χ3v) is 2.76. The first-order valence-corrected chi connectivity index (χ1v) is 5.98. The van der Waals surface area contributed by atoms with Gasteiger partial charge in [0.25, 0.3) is 0 Å². The van der Waals surface area contributed by atoms with Crippen LogP contribution in [-0.4, -0.2) is 11.7 Å². The topological polar surface area (TPSA) is 29.5 Å². The summed E-state index contributed by atoms with van der Waals surface area (Å²) >= 11 is 0. The summed E-state index contributed by atoms with van der Waals surface area (Å²) in [6.45, 7) is 2.34. The summed E-state index contributed by atoms with van der Waals surface area (Å²) in [5, 5.41) is 10.1. The van der Waals surface area contributed by atoms with Crippen molar-refractivity contribution in [2.24, 2.45) is 0 Å². The van der Waals surface area contributed by atoms with Gasteiger partial charge in [0.15, 0.2) is 11.6 Å². The lowest BCUT2D eigenvalue weighted by Crippen LogP contribution is -2.04. The predicted octanol–water partition coefficient (Wildman–Crippen LogP) is 3.45. The van der Waals surface area contributed by atoms with E-state index in [1.165, 1.54) is 12.1 Å². The van der Waals surface area contributed by atoms with E-state index < -0.39 is 17.7 Å². The Hall–Kier alpha value is -1.94. The van der Waals surface area contributed by atoms with Crippen LogP contribution in [0.5, 0.6) is 5.75 Å². The van der Waals surface area contributed by atoms with Gasteiger partial charge in [-0.3, -0.25) is 0 Å². The van der Waals surface area contributed by atoms with Gasteiger partial charge in [0.1, 0.15) is 11.9 Å². The van der Waals surface area contributed by atoms with Crippen LogP contribution in [0.3, 0.4) is 0 Å². The number of rotatable bonds is 4. The van der Waals surface area contributed by atoms with Gasteiger partial charge in [0, 0.05) is 5.56 Å². The quantitative estimate of drug-likeness (QED) is 0.916. The van der Waals surface area contributed by atoms with Gasteiger partial charge in [-0.2, -0.15) is 0 Å². The smallest absolute Gasteiger partial charge is 0.164 e. The van der Waals surface area contributed by atoms with Crippen LogP contribution < -0.4 is 4.74 Å². The summed E-state index contributed by atoms with van der Waals surface area (Å²) in [6.07, 6.45) is -1.23. The number of ether oxygens (including phenoxy) is 1. The maximum Gasteiger partial charge on any atom is 0.164 e. The molecule has 0 saturated carbocycles. The average molecular weight is 264 g/mol. The lowest BCUT2D eigenvalue weighted by molar-refractivity contribution is 0.212. The molecule has 2 rings (SSSR count). The number of hydrogen-bond acceptors (Lipinski definition) is 2. The van der Waals surface area contributed by atoms with Crippen LogP contribution in [0.4, 0.5) is 8.78 Å². The minimum atomic E-state index is -1.23. The van der Waals surface area contributed by atoms with Gasteiger partial charge in [-0.05, 0) is 30.7 Å². The number of halogens is 2. The maximum absolute atomic E-state index is 13.6. The van der Waals surface area contributed by atoms with Gasteiger partial charge in [0.05, 0.1) is 6.61 Å². The molecular formula is C15H14F2O2. The van der Waals surface area contributed by atoms with E-state index in [1.54, 1.807) is 24.3 Å². The third kappa shape index (κ3) is 2.90. The van der Waals surface area contributed by atoms with Crippen LogP contribution in [0.15, 0.2) is 42.5 Å². The minimum absolute atomic E-state index is 0.0892. The normalized spacial score (nSPS) is 12.2. The van der Waals surface area contributed by atoms with Gasteiger partial charge < -0.3 is 9.84 Å². The van der Waals surface area contributed by atoms with Crippen LogP contribution >= 0.6 is 0 Å². The van der Waals surface area contributed by atoms with E-state index in [-0.39, 0.29) is 5.56 Å². The molecule has 0 aromatic heterocycles. The van der Waals surface area contributed by atoms with Crippen molar-refractivity contribution in [3.63, 3.8) is 0 Å². The monoisotopic (exact) mass is 264 g/mol. The summed E-state index contributed by atoms with van der Waals surface area (Å²) in [5.41, 5.74) is 0.365. The fourth-order valence-electron chi connectivity index (χ4n) is 1.85. The van der Waals surface area contributed by atoms with Crippen LogP contribution in [0, 0.1) is 11.6 Å². The van der Waals surface area contributed by atoms with E-state index in [4.69, 9.17) is 4.74 Å². The molecule has 1 N–H and O–H groups in total. The number of aliphatic hydroxyl groups excluding tert-OH is 1. The van der Waals surface area contributed by atoms with Crippen molar-refractivity contribution in [3.8, 4) is 5.75 Å². The Morgan fingerprint density at radius 3 is 2.63 bits per heavy atom. The molecule has 2 aromatic carbocycles. The predicted molar refractivity (Wildman–Crippen MR) is 68.0 cm³/mol. The molecule has 19 heavy (non-hydrogen) atoms. The molecule has 0 aliphatic heterocycles. The highest BCUT2D eigenvalue weighted by atomic mass is 19.2. The van der Waals surface area contributed by atoms with Crippen molar-refractivity contribution >= 4 is 0 Å². The van der Waals surface area contributed by atoms with E-state index in [9.17, 15) is 13.9 Å². The molecule has 1 unspecified atom stereocenters. The number of hydrogen-bond donors (Lipinski definition) is 1. The Morgan fingerprint density at radius 1 is 1.16 bits per heavy atom. The van der Waals surface area contributed by atoms with Gasteiger partial charge in [-0.25, -0.2) is 8.78 Å².